The first-order valence-electron chi connectivity index (χ1n) is 7.19. The molecule has 0 aliphatic rings. The van der Waals surface area contributed by atoms with E-state index in [1.54, 1.807) is 11.7 Å². The van der Waals surface area contributed by atoms with Gasteiger partial charge in [0.05, 0.1) is 13.2 Å². The Kier molecular flexibility index (Phi) is 5.17. The van der Waals surface area contributed by atoms with Gasteiger partial charge in [-0.15, -0.1) is 0 Å². The number of para-hydroxylation sites is 1. The first-order valence-corrected chi connectivity index (χ1v) is 7.19. The number of methoxy groups -OCH3 is 1. The molecule has 0 bridgehead atoms. The van der Waals surface area contributed by atoms with Crippen LogP contribution in [-0.4, -0.2) is 18.2 Å². The van der Waals surface area contributed by atoms with E-state index >= 15 is 0 Å². The van der Waals surface area contributed by atoms with Gasteiger partial charge in [-0.3, -0.25) is 4.79 Å². The molecule has 1 N–H and O–H groups in total. The topological polar surface area (TPSA) is 43.3 Å². The number of ether oxygens (including phenoxy) is 1. The number of likely N-dealkylation sites (N-methyl/N-ethyl adjacent to an activating group) is 1. The van der Waals surface area contributed by atoms with Crippen LogP contribution in [0.5, 0.6) is 5.75 Å². The van der Waals surface area contributed by atoms with E-state index in [4.69, 9.17) is 4.74 Å². The Morgan fingerprint density at radius 2 is 2.00 bits per heavy atom. The minimum Gasteiger partial charge on any atom is -0.496 e. The molecule has 1 heterocycles. The van der Waals surface area contributed by atoms with E-state index in [1.165, 1.54) is 0 Å². The molecule has 0 amide bonds. The van der Waals surface area contributed by atoms with Gasteiger partial charge in [0.2, 0.25) is 0 Å². The Hall–Kier alpha value is -2.07. The van der Waals surface area contributed by atoms with Crippen molar-refractivity contribution in [2.45, 2.75) is 26.4 Å². The van der Waals surface area contributed by atoms with E-state index in [2.05, 4.69) is 12.2 Å². The average Bonchev–Trinajstić information content (AvgIpc) is 2.51. The van der Waals surface area contributed by atoms with Gasteiger partial charge in [0, 0.05) is 23.9 Å². The SMILES string of the molecule is CCNC(Cn1cccc(C)c1=O)c1ccccc1OC. The van der Waals surface area contributed by atoms with E-state index in [0.717, 1.165) is 23.4 Å². The van der Waals surface area contributed by atoms with Crippen LogP contribution in [0.25, 0.3) is 0 Å². The van der Waals surface area contributed by atoms with Crippen LogP contribution in [0.1, 0.15) is 24.1 Å². The lowest BCUT2D eigenvalue weighted by molar-refractivity contribution is 0.389. The maximum atomic E-state index is 12.2. The number of nitrogens with one attached hydrogen (secondary N) is 1. The Bertz CT molecular complexity index is 649. The van der Waals surface area contributed by atoms with Crippen molar-refractivity contribution in [1.82, 2.24) is 9.88 Å². The van der Waals surface area contributed by atoms with Gasteiger partial charge in [-0.05, 0) is 25.6 Å². The van der Waals surface area contributed by atoms with E-state index in [0.29, 0.717) is 6.54 Å². The molecule has 0 radical (unpaired) electrons. The molecule has 1 atom stereocenters. The summed E-state index contributed by atoms with van der Waals surface area (Å²) in [6.45, 7) is 5.30. The summed E-state index contributed by atoms with van der Waals surface area (Å²) in [4.78, 5) is 12.2. The van der Waals surface area contributed by atoms with Gasteiger partial charge >= 0.3 is 0 Å². The molecule has 0 aliphatic carbocycles. The van der Waals surface area contributed by atoms with Gasteiger partial charge in [0.15, 0.2) is 0 Å². The average molecular weight is 286 g/mol. The molecule has 2 aromatic rings. The van der Waals surface area contributed by atoms with Crippen LogP contribution < -0.4 is 15.6 Å². The molecule has 1 aromatic heterocycles. The molecule has 2 rings (SSSR count). The number of aromatic nitrogens is 1. The Labute approximate surface area is 125 Å². The summed E-state index contributed by atoms with van der Waals surface area (Å²) in [5.74, 6) is 0.837. The Morgan fingerprint density at radius 3 is 2.71 bits per heavy atom. The normalized spacial score (nSPS) is 12.1. The molecule has 21 heavy (non-hydrogen) atoms. The van der Waals surface area contributed by atoms with Crippen molar-refractivity contribution in [3.8, 4) is 5.75 Å². The van der Waals surface area contributed by atoms with Gasteiger partial charge in [-0.2, -0.15) is 0 Å². The van der Waals surface area contributed by atoms with Crippen LogP contribution in [0, 0.1) is 6.92 Å². The summed E-state index contributed by atoms with van der Waals surface area (Å²) in [6.07, 6.45) is 1.83. The van der Waals surface area contributed by atoms with Gasteiger partial charge in [0.1, 0.15) is 5.75 Å². The fourth-order valence-electron chi connectivity index (χ4n) is 2.47. The van der Waals surface area contributed by atoms with E-state index in [-0.39, 0.29) is 11.6 Å². The van der Waals surface area contributed by atoms with Crippen LogP contribution in [-0.2, 0) is 6.54 Å². The minimum absolute atomic E-state index is 0.0330. The van der Waals surface area contributed by atoms with Gasteiger partial charge in [0.25, 0.3) is 5.56 Å². The predicted octanol–water partition coefficient (Wildman–Crippen LogP) is 2.52. The maximum Gasteiger partial charge on any atom is 0.253 e. The highest BCUT2D eigenvalue weighted by molar-refractivity contribution is 5.35. The van der Waals surface area contributed by atoms with Crippen LogP contribution in [0.4, 0.5) is 0 Å². The lowest BCUT2D eigenvalue weighted by Gasteiger charge is -2.21. The minimum atomic E-state index is 0.0330. The lowest BCUT2D eigenvalue weighted by atomic mass is 10.1. The second kappa shape index (κ2) is 7.09. The number of rotatable bonds is 6. The quantitative estimate of drug-likeness (QED) is 0.887. The smallest absolute Gasteiger partial charge is 0.253 e. The maximum absolute atomic E-state index is 12.2. The molecule has 0 aliphatic heterocycles. The highest BCUT2D eigenvalue weighted by Gasteiger charge is 2.16. The second-order valence-electron chi connectivity index (χ2n) is 5.00. The molecule has 112 valence electrons. The van der Waals surface area contributed by atoms with Crippen LogP contribution in [0.3, 0.4) is 0 Å². The predicted molar refractivity (Wildman–Crippen MR) is 84.9 cm³/mol. The monoisotopic (exact) mass is 286 g/mol. The highest BCUT2D eigenvalue weighted by atomic mass is 16.5. The summed E-state index contributed by atoms with van der Waals surface area (Å²) < 4.78 is 7.18. The lowest BCUT2D eigenvalue weighted by Crippen LogP contribution is -2.31. The van der Waals surface area contributed by atoms with Crippen molar-refractivity contribution >= 4 is 0 Å². The van der Waals surface area contributed by atoms with Gasteiger partial charge in [-0.1, -0.05) is 31.2 Å². The largest absolute Gasteiger partial charge is 0.496 e. The van der Waals surface area contributed by atoms with Crippen molar-refractivity contribution in [3.63, 3.8) is 0 Å². The summed E-state index contributed by atoms with van der Waals surface area (Å²) in [6, 6.07) is 11.7. The van der Waals surface area contributed by atoms with Gasteiger partial charge in [-0.25, -0.2) is 0 Å². The molecule has 4 heteroatoms. The molecule has 1 unspecified atom stereocenters. The Morgan fingerprint density at radius 1 is 1.24 bits per heavy atom. The van der Waals surface area contributed by atoms with E-state index in [9.17, 15) is 4.79 Å². The third-order valence-electron chi connectivity index (χ3n) is 3.55. The second-order valence-corrected chi connectivity index (χ2v) is 5.00. The third kappa shape index (κ3) is 3.52. The van der Waals surface area contributed by atoms with Crippen molar-refractivity contribution in [1.29, 1.82) is 0 Å². The molecular formula is C17H22N2O2. The fourth-order valence-corrected chi connectivity index (χ4v) is 2.47. The zero-order valence-corrected chi connectivity index (χ0v) is 12.8. The summed E-state index contributed by atoms with van der Waals surface area (Å²) in [5, 5.41) is 3.43. The zero-order valence-electron chi connectivity index (χ0n) is 12.8. The summed E-state index contributed by atoms with van der Waals surface area (Å²) in [7, 11) is 1.67. The molecule has 4 nitrogen and oxygen atoms in total. The third-order valence-corrected chi connectivity index (χ3v) is 3.55. The van der Waals surface area contributed by atoms with E-state index in [1.807, 2.05) is 49.5 Å². The molecule has 0 spiro atoms. The number of nitrogens with zero attached hydrogens (tertiary/aromatic N) is 1. The first-order chi connectivity index (χ1) is 10.2. The van der Waals surface area contributed by atoms with Crippen molar-refractivity contribution in [2.24, 2.45) is 0 Å². The highest BCUT2D eigenvalue weighted by Crippen LogP contribution is 2.25. The number of hydrogen-bond acceptors (Lipinski definition) is 3. The first kappa shape index (κ1) is 15.3. The Balaban J connectivity index is 2.35. The summed E-state index contributed by atoms with van der Waals surface area (Å²) >= 11 is 0. The zero-order chi connectivity index (χ0) is 15.2. The van der Waals surface area contributed by atoms with E-state index < -0.39 is 0 Å². The standard InChI is InChI=1S/C17H22N2O2/c1-4-18-15(14-9-5-6-10-16(14)21-3)12-19-11-7-8-13(2)17(19)20/h5-11,15,18H,4,12H2,1-3H3. The molecule has 0 saturated heterocycles. The van der Waals surface area contributed by atoms with Crippen LogP contribution >= 0.6 is 0 Å². The molecule has 0 fully saturated rings. The van der Waals surface area contributed by atoms with Crippen molar-refractivity contribution in [3.05, 3.63) is 64.1 Å². The molecule has 1 aromatic carbocycles. The van der Waals surface area contributed by atoms with Crippen LogP contribution in [0.2, 0.25) is 0 Å². The number of aryl methyl sites for hydroxylation is 1. The number of benzene rings is 1. The molecule has 0 saturated carbocycles. The number of hydrogen-bond donors (Lipinski definition) is 1. The summed E-state index contributed by atoms with van der Waals surface area (Å²) in [5.41, 5.74) is 1.87. The van der Waals surface area contributed by atoms with Crippen molar-refractivity contribution < 1.29 is 4.74 Å². The number of pyridine rings is 1. The fraction of sp³-hybridized carbons (Fsp3) is 0.353. The van der Waals surface area contributed by atoms with Crippen molar-refractivity contribution in [2.75, 3.05) is 13.7 Å². The molecular weight excluding hydrogens is 264 g/mol. The van der Waals surface area contributed by atoms with Gasteiger partial charge < -0.3 is 14.6 Å². The van der Waals surface area contributed by atoms with Crippen LogP contribution in [0.15, 0.2) is 47.4 Å².